The molecular weight excluding hydrogens is 201 g/mol. The molecule has 1 aromatic carbocycles. The molecule has 0 aliphatic heterocycles. The van der Waals surface area contributed by atoms with Crippen molar-refractivity contribution >= 4 is 10.9 Å². The predicted octanol–water partition coefficient (Wildman–Crippen LogP) is 0.321. The molecule has 0 aliphatic rings. The molecule has 0 amide bonds. The van der Waals surface area contributed by atoms with Crippen LogP contribution in [0.15, 0.2) is 42.6 Å². The van der Waals surface area contributed by atoms with E-state index in [-0.39, 0.29) is 4.70 Å². The summed E-state index contributed by atoms with van der Waals surface area (Å²) in [6.07, 6.45) is 6.05. The van der Waals surface area contributed by atoms with Crippen molar-refractivity contribution < 1.29 is 9.27 Å². The average Bonchev–Trinajstić information content (AvgIpc) is 2.30. The molecular formula is C14H18FN. The van der Waals surface area contributed by atoms with E-state index < -0.39 is 0 Å². The van der Waals surface area contributed by atoms with Crippen LogP contribution in [0, 0.1) is 0 Å². The number of hydrogen-bond acceptors (Lipinski definition) is 0. The van der Waals surface area contributed by atoms with Crippen molar-refractivity contribution in [2.24, 2.45) is 0 Å². The Kier molecular flexibility index (Phi) is 4.90. The summed E-state index contributed by atoms with van der Waals surface area (Å²) in [6.45, 7) is 3.38. The van der Waals surface area contributed by atoms with E-state index in [0.717, 1.165) is 6.54 Å². The number of para-hydroxylation sites is 1. The fourth-order valence-corrected chi connectivity index (χ4v) is 1.95. The molecule has 2 rings (SSSR count). The lowest BCUT2D eigenvalue weighted by molar-refractivity contribution is -0.671. The largest absolute Gasteiger partial charge is 1.00 e. The molecule has 0 atom stereocenters. The minimum absolute atomic E-state index is 0. The van der Waals surface area contributed by atoms with Gasteiger partial charge in [0.25, 0.3) is 0 Å². The number of aromatic nitrogens is 1. The zero-order chi connectivity index (χ0) is 10.5. The second-order valence-corrected chi connectivity index (χ2v) is 3.97. The third kappa shape index (κ3) is 2.78. The Labute approximate surface area is 96.1 Å². The van der Waals surface area contributed by atoms with Crippen LogP contribution in [0.25, 0.3) is 10.9 Å². The highest BCUT2D eigenvalue weighted by Gasteiger charge is 2.05. The van der Waals surface area contributed by atoms with Gasteiger partial charge in [0.2, 0.25) is 5.52 Å². The summed E-state index contributed by atoms with van der Waals surface area (Å²) in [4.78, 5) is 0. The third-order valence-electron chi connectivity index (χ3n) is 2.79. The molecule has 1 aromatic heterocycles. The molecule has 0 saturated heterocycles. The number of pyridine rings is 1. The SMILES string of the molecule is CCCCC[n+]1cccc2ccccc21.[F-]. The zero-order valence-electron chi connectivity index (χ0n) is 9.70. The van der Waals surface area contributed by atoms with Gasteiger partial charge >= 0.3 is 0 Å². The van der Waals surface area contributed by atoms with E-state index in [9.17, 15) is 0 Å². The van der Waals surface area contributed by atoms with E-state index in [1.54, 1.807) is 0 Å². The number of rotatable bonds is 4. The molecule has 86 valence electrons. The number of benzene rings is 1. The minimum Gasteiger partial charge on any atom is -1.00 e. The molecule has 0 N–H and O–H groups in total. The summed E-state index contributed by atoms with van der Waals surface area (Å²) in [6, 6.07) is 12.9. The van der Waals surface area contributed by atoms with Gasteiger partial charge in [0.05, 0.1) is 0 Å². The van der Waals surface area contributed by atoms with Gasteiger partial charge in [0.1, 0.15) is 6.54 Å². The summed E-state index contributed by atoms with van der Waals surface area (Å²) in [5.74, 6) is 0. The molecule has 1 heterocycles. The number of halogens is 1. The summed E-state index contributed by atoms with van der Waals surface area (Å²) in [7, 11) is 0. The monoisotopic (exact) mass is 219 g/mol. The van der Waals surface area contributed by atoms with E-state index in [1.165, 1.54) is 30.2 Å². The molecule has 2 aromatic rings. The Morgan fingerprint density at radius 3 is 2.56 bits per heavy atom. The normalized spacial score (nSPS) is 10.1. The van der Waals surface area contributed by atoms with Gasteiger partial charge in [-0.05, 0) is 18.6 Å². The molecule has 0 spiro atoms. The van der Waals surface area contributed by atoms with Crippen LogP contribution in [0.1, 0.15) is 26.2 Å². The molecule has 0 saturated carbocycles. The van der Waals surface area contributed by atoms with Crippen LogP contribution < -0.4 is 9.27 Å². The van der Waals surface area contributed by atoms with E-state index >= 15 is 0 Å². The lowest BCUT2D eigenvalue weighted by atomic mass is 10.2. The molecule has 1 nitrogen and oxygen atoms in total. The first-order valence-electron chi connectivity index (χ1n) is 5.79. The van der Waals surface area contributed by atoms with Gasteiger partial charge in [-0.2, -0.15) is 4.57 Å². The fourth-order valence-electron chi connectivity index (χ4n) is 1.95. The van der Waals surface area contributed by atoms with Crippen LogP contribution in [0.4, 0.5) is 0 Å². The van der Waals surface area contributed by atoms with Gasteiger partial charge in [0.15, 0.2) is 6.20 Å². The van der Waals surface area contributed by atoms with E-state index in [1.807, 2.05) is 0 Å². The highest BCUT2D eigenvalue weighted by molar-refractivity contribution is 5.74. The van der Waals surface area contributed by atoms with Crippen LogP contribution >= 0.6 is 0 Å². The minimum atomic E-state index is 0. The Hall–Kier alpha value is -1.44. The molecule has 16 heavy (non-hydrogen) atoms. The number of fused-ring (bicyclic) bond motifs is 1. The van der Waals surface area contributed by atoms with E-state index in [0.29, 0.717) is 0 Å². The van der Waals surface area contributed by atoms with Gasteiger partial charge in [-0.15, -0.1) is 0 Å². The topological polar surface area (TPSA) is 3.88 Å². The number of unbranched alkanes of at least 4 members (excludes halogenated alkanes) is 2. The van der Waals surface area contributed by atoms with Gasteiger partial charge < -0.3 is 4.70 Å². The second-order valence-electron chi connectivity index (χ2n) is 3.97. The molecule has 0 aliphatic carbocycles. The van der Waals surface area contributed by atoms with Crippen LogP contribution in [0.2, 0.25) is 0 Å². The Morgan fingerprint density at radius 1 is 1.00 bits per heavy atom. The molecule has 0 bridgehead atoms. The van der Waals surface area contributed by atoms with Crippen molar-refractivity contribution in [3.63, 3.8) is 0 Å². The maximum Gasteiger partial charge on any atom is 0.212 e. The van der Waals surface area contributed by atoms with Crippen molar-refractivity contribution in [2.45, 2.75) is 32.7 Å². The molecule has 0 radical (unpaired) electrons. The van der Waals surface area contributed by atoms with E-state index in [4.69, 9.17) is 0 Å². The van der Waals surface area contributed by atoms with Crippen molar-refractivity contribution in [3.05, 3.63) is 42.6 Å². The quantitative estimate of drug-likeness (QED) is 0.515. The Balaban J connectivity index is 0.00000128. The lowest BCUT2D eigenvalue weighted by Gasteiger charge is -2.00. The standard InChI is InChI=1S/C14H18N.FH/c1-2-3-6-11-15-12-7-9-13-8-4-5-10-14(13)15;/h4-5,7-10,12H,2-3,6,11H2,1H3;1H/q+1;/p-1. The predicted molar refractivity (Wildman–Crippen MR) is 63.7 cm³/mol. The fraction of sp³-hybridized carbons (Fsp3) is 0.357. The Morgan fingerprint density at radius 2 is 1.75 bits per heavy atom. The Bertz CT molecular complexity index is 434. The van der Waals surface area contributed by atoms with Gasteiger partial charge in [-0.3, -0.25) is 0 Å². The highest BCUT2D eigenvalue weighted by atomic mass is 19.0. The van der Waals surface area contributed by atoms with Gasteiger partial charge in [-0.1, -0.05) is 25.5 Å². The average molecular weight is 219 g/mol. The summed E-state index contributed by atoms with van der Waals surface area (Å²) in [5, 5.41) is 1.33. The third-order valence-corrected chi connectivity index (χ3v) is 2.79. The van der Waals surface area contributed by atoms with E-state index in [2.05, 4.69) is 54.1 Å². The van der Waals surface area contributed by atoms with Crippen molar-refractivity contribution in [1.82, 2.24) is 0 Å². The first-order valence-corrected chi connectivity index (χ1v) is 5.79. The van der Waals surface area contributed by atoms with Gasteiger partial charge in [-0.25, -0.2) is 0 Å². The molecule has 0 fully saturated rings. The number of nitrogens with zero attached hydrogens (tertiary/aromatic N) is 1. The van der Waals surface area contributed by atoms with Crippen LogP contribution in [-0.2, 0) is 6.54 Å². The highest BCUT2D eigenvalue weighted by Crippen LogP contribution is 2.08. The maximum absolute atomic E-state index is 2.35. The molecule has 0 unspecified atom stereocenters. The molecule has 2 heteroatoms. The number of hydrogen-bond donors (Lipinski definition) is 0. The summed E-state index contributed by atoms with van der Waals surface area (Å²) < 4.78 is 2.35. The number of aryl methyl sites for hydroxylation is 1. The maximum atomic E-state index is 2.35. The lowest BCUT2D eigenvalue weighted by Crippen LogP contribution is -3.00. The van der Waals surface area contributed by atoms with Crippen molar-refractivity contribution in [2.75, 3.05) is 0 Å². The van der Waals surface area contributed by atoms with Crippen LogP contribution in [0.3, 0.4) is 0 Å². The zero-order valence-corrected chi connectivity index (χ0v) is 9.70. The summed E-state index contributed by atoms with van der Waals surface area (Å²) >= 11 is 0. The van der Waals surface area contributed by atoms with Crippen LogP contribution in [0.5, 0.6) is 0 Å². The first-order chi connectivity index (χ1) is 7.42. The second kappa shape index (κ2) is 6.21. The summed E-state index contributed by atoms with van der Waals surface area (Å²) in [5.41, 5.74) is 1.34. The van der Waals surface area contributed by atoms with Crippen LogP contribution in [-0.4, -0.2) is 0 Å². The van der Waals surface area contributed by atoms with Gasteiger partial charge in [0, 0.05) is 23.9 Å². The smallest absolute Gasteiger partial charge is 0.212 e. The van der Waals surface area contributed by atoms with Crippen molar-refractivity contribution in [1.29, 1.82) is 0 Å². The first kappa shape index (κ1) is 12.6. The van der Waals surface area contributed by atoms with Crippen molar-refractivity contribution in [3.8, 4) is 0 Å².